The molecule has 0 aliphatic heterocycles. The maximum atomic E-state index is 13.4. The molecule has 4 heterocycles. The van der Waals surface area contributed by atoms with E-state index in [-0.39, 0.29) is 5.56 Å². The molecule has 0 saturated carbocycles. The van der Waals surface area contributed by atoms with Crippen molar-refractivity contribution in [2.75, 3.05) is 0 Å². The molecule has 0 unspecified atom stereocenters. The summed E-state index contributed by atoms with van der Waals surface area (Å²) in [5.41, 5.74) is 3.81. The van der Waals surface area contributed by atoms with Gasteiger partial charge in [-0.2, -0.15) is 0 Å². The maximum absolute atomic E-state index is 13.4. The number of aromatic nitrogens is 4. The first-order valence-electron chi connectivity index (χ1n) is 10.6. The third-order valence-corrected chi connectivity index (χ3v) is 6.48. The lowest BCUT2D eigenvalue weighted by atomic mass is 10.2. The number of hydrogen-bond donors (Lipinski definition) is 0. The number of benzene rings is 1. The van der Waals surface area contributed by atoms with Crippen LogP contribution in [0, 0.1) is 6.92 Å². The van der Waals surface area contributed by atoms with Crippen molar-refractivity contribution in [3.05, 3.63) is 105 Å². The van der Waals surface area contributed by atoms with E-state index in [1.54, 1.807) is 17.1 Å². The van der Waals surface area contributed by atoms with Crippen LogP contribution in [0.2, 0.25) is 0 Å². The van der Waals surface area contributed by atoms with E-state index in [9.17, 15) is 4.79 Å². The van der Waals surface area contributed by atoms with Gasteiger partial charge in [-0.05, 0) is 43.3 Å². The van der Waals surface area contributed by atoms with Gasteiger partial charge >= 0.3 is 0 Å². The third-order valence-electron chi connectivity index (χ3n) is 5.62. The first-order valence-corrected chi connectivity index (χ1v) is 11.5. The van der Waals surface area contributed by atoms with Gasteiger partial charge in [-0.3, -0.25) is 14.5 Å². The third kappa shape index (κ3) is 4.01. The van der Waals surface area contributed by atoms with E-state index in [2.05, 4.69) is 9.55 Å². The molecule has 0 fully saturated rings. The molecule has 5 aromatic rings. The normalized spacial score (nSPS) is 11.9. The van der Waals surface area contributed by atoms with Gasteiger partial charge in [-0.1, -0.05) is 24.3 Å². The lowest BCUT2D eigenvalue weighted by Gasteiger charge is -2.07. The molecule has 0 radical (unpaired) electrons. The molecule has 0 aliphatic rings. The van der Waals surface area contributed by atoms with Crippen molar-refractivity contribution in [1.82, 2.24) is 18.9 Å². The van der Waals surface area contributed by atoms with Crippen LogP contribution in [0.4, 0.5) is 5.69 Å². The molecule has 0 saturated heterocycles. The molecule has 7 nitrogen and oxygen atoms in total. The summed E-state index contributed by atoms with van der Waals surface area (Å²) in [7, 11) is 1.88. The van der Waals surface area contributed by atoms with Crippen LogP contribution in [0.1, 0.15) is 11.4 Å². The van der Waals surface area contributed by atoms with E-state index in [1.807, 2.05) is 84.7 Å². The molecule has 8 heteroatoms. The molecule has 0 aliphatic carbocycles. The van der Waals surface area contributed by atoms with E-state index in [4.69, 9.17) is 9.41 Å². The van der Waals surface area contributed by atoms with Gasteiger partial charge < -0.3 is 8.98 Å². The Hall–Kier alpha value is -3.91. The van der Waals surface area contributed by atoms with Crippen molar-refractivity contribution in [1.29, 1.82) is 0 Å². The minimum absolute atomic E-state index is 0.148. The summed E-state index contributed by atoms with van der Waals surface area (Å²) in [5, 5.41) is 2.02. The number of thiazole rings is 1. The SMILES string of the molecule is Cc1c(N=c2scc(-c3ccco3)n2CCc2ccccn2)c(=O)n(-c2ccccc2)n1C. The molecule has 0 atom stereocenters. The predicted octanol–water partition coefficient (Wildman–Crippen LogP) is 4.48. The molecule has 0 N–H and O–H groups in total. The van der Waals surface area contributed by atoms with E-state index >= 15 is 0 Å². The quantitative estimate of drug-likeness (QED) is 0.378. The summed E-state index contributed by atoms with van der Waals surface area (Å²) in [5.74, 6) is 0.764. The Morgan fingerprint density at radius 3 is 2.61 bits per heavy atom. The van der Waals surface area contributed by atoms with Gasteiger partial charge in [0.1, 0.15) is 0 Å². The average Bonchev–Trinajstić information content (AvgIpc) is 3.56. The second-order valence-corrected chi connectivity index (χ2v) is 8.46. The number of pyridine rings is 1. The van der Waals surface area contributed by atoms with Crippen LogP contribution in [0.25, 0.3) is 17.1 Å². The molecule has 33 heavy (non-hydrogen) atoms. The van der Waals surface area contributed by atoms with E-state index in [0.717, 1.165) is 39.8 Å². The summed E-state index contributed by atoms with van der Waals surface area (Å²) in [6, 6.07) is 19.3. The molecule has 166 valence electrons. The Balaban J connectivity index is 1.63. The number of aryl methyl sites for hydroxylation is 1. The average molecular weight is 458 g/mol. The molecule has 5 rings (SSSR count). The minimum Gasteiger partial charge on any atom is -0.463 e. The highest BCUT2D eigenvalue weighted by atomic mass is 32.1. The number of nitrogens with zero attached hydrogens (tertiary/aromatic N) is 5. The Bertz CT molecular complexity index is 1490. The Labute approximate surface area is 194 Å². The molecular weight excluding hydrogens is 434 g/mol. The summed E-state index contributed by atoms with van der Waals surface area (Å²) < 4.78 is 11.2. The number of para-hydroxylation sites is 1. The lowest BCUT2D eigenvalue weighted by Crippen LogP contribution is -2.20. The first kappa shape index (κ1) is 21.0. The molecule has 0 bridgehead atoms. The predicted molar refractivity (Wildman–Crippen MR) is 129 cm³/mol. The van der Waals surface area contributed by atoms with Crippen LogP contribution in [0.15, 0.2) is 92.7 Å². The first-order chi connectivity index (χ1) is 16.1. The highest BCUT2D eigenvalue weighted by Crippen LogP contribution is 2.22. The fraction of sp³-hybridized carbons (Fsp3) is 0.160. The molecular formula is C25H23N5O2S. The maximum Gasteiger partial charge on any atom is 0.297 e. The van der Waals surface area contributed by atoms with Gasteiger partial charge in [0.25, 0.3) is 5.56 Å². The Kier molecular flexibility index (Phi) is 5.66. The van der Waals surface area contributed by atoms with Gasteiger partial charge in [0, 0.05) is 37.3 Å². The van der Waals surface area contributed by atoms with Crippen LogP contribution >= 0.6 is 11.3 Å². The smallest absolute Gasteiger partial charge is 0.297 e. The Morgan fingerprint density at radius 2 is 1.88 bits per heavy atom. The van der Waals surface area contributed by atoms with Crippen LogP contribution < -0.4 is 10.4 Å². The standard InChI is InChI=1S/C25H23N5O2S/c1-18-23(24(31)30(28(18)2)20-10-4-3-5-11-20)27-25-29(15-13-19-9-6-7-14-26-19)21(17-33-25)22-12-8-16-32-22/h3-12,14,16-17H,13,15H2,1-2H3. The fourth-order valence-electron chi connectivity index (χ4n) is 3.81. The number of hydrogen-bond acceptors (Lipinski definition) is 5. The van der Waals surface area contributed by atoms with Gasteiger partial charge in [0.05, 0.1) is 23.3 Å². The van der Waals surface area contributed by atoms with Gasteiger partial charge in [0.2, 0.25) is 0 Å². The van der Waals surface area contributed by atoms with Crippen LogP contribution in [0.3, 0.4) is 0 Å². The minimum atomic E-state index is -0.148. The second-order valence-electron chi connectivity index (χ2n) is 7.63. The molecule has 0 amide bonds. The zero-order valence-corrected chi connectivity index (χ0v) is 19.2. The van der Waals surface area contributed by atoms with Gasteiger partial charge in [0.15, 0.2) is 16.2 Å². The summed E-state index contributed by atoms with van der Waals surface area (Å²) in [6.07, 6.45) is 4.19. The highest BCUT2D eigenvalue weighted by Gasteiger charge is 2.17. The van der Waals surface area contributed by atoms with E-state index in [0.29, 0.717) is 12.2 Å². The van der Waals surface area contributed by atoms with Crippen LogP contribution in [0.5, 0.6) is 0 Å². The number of furan rings is 1. The second kappa shape index (κ2) is 8.91. The molecule has 1 aromatic carbocycles. The fourth-order valence-corrected chi connectivity index (χ4v) is 4.73. The topological polar surface area (TPSA) is 70.2 Å². The zero-order chi connectivity index (χ0) is 22.8. The van der Waals surface area contributed by atoms with Gasteiger partial charge in [-0.15, -0.1) is 11.3 Å². The van der Waals surface area contributed by atoms with Crippen molar-refractivity contribution >= 4 is 17.0 Å². The van der Waals surface area contributed by atoms with Crippen molar-refractivity contribution in [3.63, 3.8) is 0 Å². The summed E-state index contributed by atoms with van der Waals surface area (Å²) in [4.78, 5) is 23.4. The number of rotatable bonds is 6. The van der Waals surface area contributed by atoms with Crippen LogP contribution in [-0.4, -0.2) is 18.9 Å². The largest absolute Gasteiger partial charge is 0.463 e. The van der Waals surface area contributed by atoms with Gasteiger partial charge in [-0.25, -0.2) is 9.67 Å². The summed E-state index contributed by atoms with van der Waals surface area (Å²) >= 11 is 1.49. The highest BCUT2D eigenvalue weighted by molar-refractivity contribution is 7.07. The van der Waals surface area contributed by atoms with Crippen molar-refractivity contribution in [3.8, 4) is 17.1 Å². The molecule has 0 spiro atoms. The summed E-state index contributed by atoms with van der Waals surface area (Å²) in [6.45, 7) is 2.58. The zero-order valence-electron chi connectivity index (χ0n) is 18.4. The van der Waals surface area contributed by atoms with Crippen molar-refractivity contribution in [2.24, 2.45) is 12.0 Å². The lowest BCUT2D eigenvalue weighted by molar-refractivity contribution is 0.568. The van der Waals surface area contributed by atoms with Crippen molar-refractivity contribution < 1.29 is 4.42 Å². The monoisotopic (exact) mass is 457 g/mol. The van der Waals surface area contributed by atoms with E-state index < -0.39 is 0 Å². The Morgan fingerprint density at radius 1 is 1.06 bits per heavy atom. The van der Waals surface area contributed by atoms with E-state index in [1.165, 1.54) is 11.3 Å². The molecule has 4 aromatic heterocycles. The van der Waals surface area contributed by atoms with Crippen molar-refractivity contribution in [2.45, 2.75) is 19.9 Å². The van der Waals surface area contributed by atoms with Crippen LogP contribution in [-0.2, 0) is 20.0 Å².